The second-order valence-electron chi connectivity index (χ2n) is 7.85. The fourth-order valence-corrected chi connectivity index (χ4v) is 6.04. The van der Waals surface area contributed by atoms with Crippen molar-refractivity contribution in [3.8, 4) is 0 Å². The smallest absolute Gasteiger partial charge is 0.280 e. The molecule has 0 aliphatic carbocycles. The lowest BCUT2D eigenvalue weighted by Gasteiger charge is -2.23. The molecule has 0 bridgehead atoms. The number of carbonyl (C=O) groups excluding carboxylic acids is 1. The SMILES string of the molecule is COC[C@H]1CCCN1S(=O)(=O)c1ccc(C(=NO[C@@H]2CCOC2)C(=O)Nc2ncc(F)s2)cc1. The van der Waals surface area contributed by atoms with Gasteiger partial charge in [-0.2, -0.15) is 8.70 Å². The van der Waals surface area contributed by atoms with Crippen LogP contribution < -0.4 is 5.32 Å². The van der Waals surface area contributed by atoms with Gasteiger partial charge in [-0.15, -0.1) is 0 Å². The fraction of sp³-hybridized carbons (Fsp3) is 0.476. The Hall–Kier alpha value is -2.45. The van der Waals surface area contributed by atoms with Crippen molar-refractivity contribution in [1.82, 2.24) is 9.29 Å². The number of carbonyl (C=O) groups is 1. The van der Waals surface area contributed by atoms with Crippen molar-refractivity contribution in [2.75, 3.05) is 38.8 Å². The van der Waals surface area contributed by atoms with Crippen LogP contribution in [0.1, 0.15) is 24.8 Å². The molecule has 0 radical (unpaired) electrons. The van der Waals surface area contributed by atoms with Crippen molar-refractivity contribution in [3.05, 3.63) is 41.2 Å². The van der Waals surface area contributed by atoms with Crippen LogP contribution in [0.15, 0.2) is 40.5 Å². The van der Waals surface area contributed by atoms with Crippen LogP contribution in [0.4, 0.5) is 9.52 Å². The number of benzene rings is 1. The monoisotopic (exact) mass is 512 g/mol. The molecule has 10 nitrogen and oxygen atoms in total. The van der Waals surface area contributed by atoms with E-state index in [0.717, 1.165) is 19.0 Å². The Balaban J connectivity index is 1.57. The van der Waals surface area contributed by atoms with E-state index in [1.165, 1.54) is 28.6 Å². The Morgan fingerprint density at radius 1 is 1.35 bits per heavy atom. The molecule has 1 amide bonds. The van der Waals surface area contributed by atoms with Gasteiger partial charge in [-0.1, -0.05) is 28.6 Å². The molecule has 0 spiro atoms. The molecule has 4 rings (SSSR count). The third-order valence-corrected chi connectivity index (χ3v) is 8.18. The molecule has 2 aliphatic rings. The molecular weight excluding hydrogens is 487 g/mol. The zero-order valence-electron chi connectivity index (χ0n) is 18.5. The Labute approximate surface area is 200 Å². The van der Waals surface area contributed by atoms with E-state index >= 15 is 0 Å². The number of sulfonamides is 1. The number of nitrogens with one attached hydrogen (secondary N) is 1. The van der Waals surface area contributed by atoms with Crippen LogP contribution in [0.25, 0.3) is 0 Å². The molecule has 0 unspecified atom stereocenters. The molecule has 2 atom stereocenters. The van der Waals surface area contributed by atoms with E-state index in [4.69, 9.17) is 14.3 Å². The number of halogens is 1. The van der Waals surface area contributed by atoms with Gasteiger partial charge >= 0.3 is 0 Å². The van der Waals surface area contributed by atoms with Gasteiger partial charge in [0.05, 0.1) is 30.9 Å². The highest BCUT2D eigenvalue weighted by Crippen LogP contribution is 2.27. The Kier molecular flexibility index (Phi) is 7.88. The van der Waals surface area contributed by atoms with Crippen LogP contribution in [0.2, 0.25) is 0 Å². The third-order valence-electron chi connectivity index (χ3n) is 5.51. The lowest BCUT2D eigenvalue weighted by Crippen LogP contribution is -2.38. The Morgan fingerprint density at radius 3 is 2.79 bits per heavy atom. The number of amides is 1. The predicted molar refractivity (Wildman–Crippen MR) is 123 cm³/mol. The van der Waals surface area contributed by atoms with Crippen molar-refractivity contribution in [2.45, 2.75) is 36.3 Å². The molecule has 0 saturated carbocycles. The summed E-state index contributed by atoms with van der Waals surface area (Å²) in [4.78, 5) is 22.2. The van der Waals surface area contributed by atoms with Gasteiger partial charge in [0.15, 0.2) is 22.1 Å². The van der Waals surface area contributed by atoms with E-state index in [0.29, 0.717) is 49.7 Å². The van der Waals surface area contributed by atoms with Crippen molar-refractivity contribution >= 4 is 38.1 Å². The first-order valence-electron chi connectivity index (χ1n) is 10.7. The number of methoxy groups -OCH3 is 1. The summed E-state index contributed by atoms with van der Waals surface area (Å²) in [7, 11) is -2.18. The molecular formula is C21H25FN4O6S2. The van der Waals surface area contributed by atoms with Crippen LogP contribution in [0.3, 0.4) is 0 Å². The molecule has 2 aliphatic heterocycles. The quantitative estimate of drug-likeness (QED) is 0.404. The van der Waals surface area contributed by atoms with Crippen LogP contribution in [-0.2, 0) is 29.1 Å². The number of oxime groups is 1. The maximum atomic E-state index is 13.3. The number of nitrogens with zero attached hydrogens (tertiary/aromatic N) is 3. The number of anilines is 1. The molecule has 34 heavy (non-hydrogen) atoms. The number of ether oxygens (including phenoxy) is 2. The lowest BCUT2D eigenvalue weighted by molar-refractivity contribution is -0.110. The molecule has 1 aromatic carbocycles. The van der Waals surface area contributed by atoms with Gasteiger partial charge < -0.3 is 14.3 Å². The summed E-state index contributed by atoms with van der Waals surface area (Å²) in [5, 5.41) is 6.03. The summed E-state index contributed by atoms with van der Waals surface area (Å²) in [5.41, 5.74) is 0.243. The highest BCUT2D eigenvalue weighted by Gasteiger charge is 2.35. The fourth-order valence-electron chi connectivity index (χ4n) is 3.82. The average Bonchev–Trinajstić information content (AvgIpc) is 3.58. The lowest BCUT2D eigenvalue weighted by atomic mass is 10.1. The second-order valence-corrected chi connectivity index (χ2v) is 10.7. The van der Waals surface area contributed by atoms with E-state index in [1.807, 2.05) is 0 Å². The number of aromatic nitrogens is 1. The largest absolute Gasteiger partial charge is 0.389 e. The minimum atomic E-state index is -3.73. The third kappa shape index (κ3) is 5.61. The average molecular weight is 513 g/mol. The number of rotatable bonds is 9. The van der Waals surface area contributed by atoms with Gasteiger partial charge in [0, 0.05) is 31.7 Å². The normalized spacial score (nSPS) is 21.6. The maximum absolute atomic E-state index is 13.3. The Bertz CT molecular complexity index is 1130. The molecule has 2 fully saturated rings. The predicted octanol–water partition coefficient (Wildman–Crippen LogP) is 2.23. The molecule has 184 valence electrons. The van der Waals surface area contributed by atoms with Crippen LogP contribution in [0, 0.1) is 5.13 Å². The standard InChI is InChI=1S/C21H25FN4O6S2/c1-30-12-15-3-2-9-26(15)34(28,29)17-6-4-14(5-7-17)19(25-32-16-8-10-31-13-16)20(27)24-21-23-11-18(22)33-21/h4-7,11,15-16H,2-3,8-10,12-13H2,1H3,(H,23,24,27)/t15-,16-/m1/s1. The minimum absolute atomic E-state index is 0.0665. The van der Waals surface area contributed by atoms with Gasteiger partial charge in [-0.05, 0) is 25.0 Å². The number of thiazole rings is 1. The highest BCUT2D eigenvalue weighted by molar-refractivity contribution is 7.89. The van der Waals surface area contributed by atoms with E-state index in [1.54, 1.807) is 7.11 Å². The van der Waals surface area contributed by atoms with Crippen LogP contribution in [-0.4, -0.2) is 74.9 Å². The topological polar surface area (TPSA) is 119 Å². The summed E-state index contributed by atoms with van der Waals surface area (Å²) in [6, 6.07) is 5.63. The van der Waals surface area contributed by atoms with Gasteiger partial charge in [0.1, 0.15) is 0 Å². The summed E-state index contributed by atoms with van der Waals surface area (Å²) < 4.78 is 51.5. The molecule has 13 heteroatoms. The zero-order chi connectivity index (χ0) is 24.1. The van der Waals surface area contributed by atoms with E-state index < -0.39 is 21.1 Å². The van der Waals surface area contributed by atoms with Gasteiger partial charge in [0.25, 0.3) is 5.91 Å². The maximum Gasteiger partial charge on any atom is 0.280 e. The number of hydrogen-bond donors (Lipinski definition) is 1. The van der Waals surface area contributed by atoms with E-state index in [-0.39, 0.29) is 27.9 Å². The first-order chi connectivity index (χ1) is 16.4. The van der Waals surface area contributed by atoms with Crippen molar-refractivity contribution in [3.63, 3.8) is 0 Å². The molecule has 1 N–H and O–H groups in total. The van der Waals surface area contributed by atoms with E-state index in [9.17, 15) is 17.6 Å². The molecule has 2 saturated heterocycles. The van der Waals surface area contributed by atoms with Gasteiger partial charge in [0.2, 0.25) is 10.0 Å². The van der Waals surface area contributed by atoms with Crippen molar-refractivity contribution < 1.29 is 31.9 Å². The second kappa shape index (κ2) is 10.9. The van der Waals surface area contributed by atoms with Gasteiger partial charge in [-0.3, -0.25) is 10.1 Å². The summed E-state index contributed by atoms with van der Waals surface area (Å²) in [5.74, 6) is -0.663. The zero-order valence-corrected chi connectivity index (χ0v) is 20.1. The van der Waals surface area contributed by atoms with Crippen LogP contribution >= 0.6 is 11.3 Å². The molecule has 1 aromatic heterocycles. The molecule has 3 heterocycles. The number of hydrogen-bond acceptors (Lipinski definition) is 9. The Morgan fingerprint density at radius 2 is 2.15 bits per heavy atom. The minimum Gasteiger partial charge on any atom is -0.389 e. The first kappa shape index (κ1) is 24.7. The first-order valence-corrected chi connectivity index (χ1v) is 13.0. The van der Waals surface area contributed by atoms with Gasteiger partial charge in [-0.25, -0.2) is 13.4 Å². The summed E-state index contributed by atoms with van der Waals surface area (Å²) >= 11 is 0.675. The summed E-state index contributed by atoms with van der Waals surface area (Å²) in [6.45, 7) is 1.64. The molecule has 2 aromatic rings. The van der Waals surface area contributed by atoms with Crippen molar-refractivity contribution in [2.24, 2.45) is 5.16 Å². The van der Waals surface area contributed by atoms with Crippen LogP contribution in [0.5, 0.6) is 0 Å². The van der Waals surface area contributed by atoms with E-state index in [2.05, 4.69) is 15.5 Å². The van der Waals surface area contributed by atoms with Crippen molar-refractivity contribution in [1.29, 1.82) is 0 Å². The summed E-state index contributed by atoms with van der Waals surface area (Å²) in [6.07, 6.45) is 2.83. The highest BCUT2D eigenvalue weighted by atomic mass is 32.2.